The molecule has 0 bridgehead atoms. The summed E-state index contributed by atoms with van der Waals surface area (Å²) in [6.07, 6.45) is 4.45. The summed E-state index contributed by atoms with van der Waals surface area (Å²) >= 11 is 0. The molecule has 0 saturated carbocycles. The maximum absolute atomic E-state index is 12.0. The van der Waals surface area contributed by atoms with Crippen LogP contribution in [0.1, 0.15) is 22.8 Å². The number of nitrogens with one attached hydrogen (secondary N) is 1. The second-order valence-corrected chi connectivity index (χ2v) is 3.54. The van der Waals surface area contributed by atoms with Gasteiger partial charge in [-0.15, -0.1) is 0 Å². The van der Waals surface area contributed by atoms with Gasteiger partial charge in [-0.2, -0.15) is 0 Å². The van der Waals surface area contributed by atoms with Crippen LogP contribution >= 0.6 is 0 Å². The Morgan fingerprint density at radius 3 is 2.56 bits per heavy atom. The molecule has 0 spiro atoms. The predicted molar refractivity (Wildman–Crippen MR) is 63.9 cm³/mol. The van der Waals surface area contributed by atoms with Crippen molar-refractivity contribution in [1.82, 2.24) is 4.68 Å². The maximum atomic E-state index is 12.0. The molecule has 1 N–H and O–H groups in total. The van der Waals surface area contributed by atoms with Crippen LogP contribution in [-0.2, 0) is 6.42 Å². The number of aryl methyl sites for hydroxylation is 1. The molecule has 82 valence electrons. The molecule has 1 aromatic carbocycles. The summed E-state index contributed by atoms with van der Waals surface area (Å²) in [6, 6.07) is 11.4. The van der Waals surface area contributed by atoms with Gasteiger partial charge in [-0.25, -0.2) is 0 Å². The Labute approximate surface area is 94.7 Å². The van der Waals surface area contributed by atoms with Crippen molar-refractivity contribution < 1.29 is 4.79 Å². The van der Waals surface area contributed by atoms with Crippen LogP contribution < -0.4 is 5.43 Å². The van der Waals surface area contributed by atoms with E-state index < -0.39 is 0 Å². The van der Waals surface area contributed by atoms with Crippen molar-refractivity contribution in [3.05, 3.63) is 59.9 Å². The zero-order valence-electron chi connectivity index (χ0n) is 9.18. The molecule has 16 heavy (non-hydrogen) atoms. The molecule has 0 unspecified atom stereocenters. The molecule has 1 heterocycles. The lowest BCUT2D eigenvalue weighted by atomic mass is 10.1. The maximum Gasteiger partial charge on any atom is 0.270 e. The van der Waals surface area contributed by atoms with Gasteiger partial charge in [0.25, 0.3) is 5.91 Å². The van der Waals surface area contributed by atoms with E-state index in [0.29, 0.717) is 0 Å². The van der Waals surface area contributed by atoms with Gasteiger partial charge >= 0.3 is 0 Å². The molecule has 3 nitrogen and oxygen atoms in total. The third kappa shape index (κ3) is 2.14. The van der Waals surface area contributed by atoms with Crippen LogP contribution in [-0.4, -0.2) is 10.6 Å². The molecule has 0 atom stereocenters. The third-order valence-electron chi connectivity index (χ3n) is 2.48. The topological polar surface area (TPSA) is 34.0 Å². The summed E-state index contributed by atoms with van der Waals surface area (Å²) in [4.78, 5) is 12.0. The molecular formula is C13H14N2O. The Kier molecular flexibility index (Phi) is 3.05. The molecule has 0 fully saturated rings. The minimum absolute atomic E-state index is 0.0753. The second-order valence-electron chi connectivity index (χ2n) is 3.54. The lowest BCUT2D eigenvalue weighted by Gasteiger charge is -2.09. The van der Waals surface area contributed by atoms with Crippen molar-refractivity contribution in [3.8, 4) is 0 Å². The molecular weight excluding hydrogens is 200 g/mol. The standard InChI is InChI=1S/C13H14N2O/c1-2-11-7-3-4-8-12(11)13(16)14-15-9-5-6-10-15/h3-10H,2H2,1H3,(H,14,16). The van der Waals surface area contributed by atoms with E-state index in [1.807, 2.05) is 43.3 Å². The number of carbonyl (C=O) groups excluding carboxylic acids is 1. The first-order valence-electron chi connectivity index (χ1n) is 5.33. The highest BCUT2D eigenvalue weighted by Crippen LogP contribution is 2.09. The molecule has 0 aliphatic rings. The normalized spacial score (nSPS) is 10.1. The van der Waals surface area contributed by atoms with Crippen molar-refractivity contribution in [2.45, 2.75) is 13.3 Å². The van der Waals surface area contributed by atoms with E-state index >= 15 is 0 Å². The van der Waals surface area contributed by atoms with E-state index in [1.54, 1.807) is 17.1 Å². The van der Waals surface area contributed by atoms with E-state index in [0.717, 1.165) is 17.5 Å². The van der Waals surface area contributed by atoms with E-state index in [4.69, 9.17) is 0 Å². The molecule has 0 radical (unpaired) electrons. The average Bonchev–Trinajstić information content (AvgIpc) is 2.81. The molecule has 2 aromatic rings. The molecule has 1 amide bonds. The summed E-state index contributed by atoms with van der Waals surface area (Å²) in [6.45, 7) is 2.04. The number of amides is 1. The zero-order chi connectivity index (χ0) is 11.4. The Morgan fingerprint density at radius 1 is 1.19 bits per heavy atom. The van der Waals surface area contributed by atoms with Crippen LogP contribution in [0.2, 0.25) is 0 Å². The van der Waals surface area contributed by atoms with E-state index in [1.165, 1.54) is 0 Å². The van der Waals surface area contributed by atoms with Gasteiger partial charge < -0.3 is 0 Å². The number of hydrogen-bond donors (Lipinski definition) is 1. The largest absolute Gasteiger partial charge is 0.270 e. The van der Waals surface area contributed by atoms with Gasteiger partial charge in [0.15, 0.2) is 0 Å². The van der Waals surface area contributed by atoms with Gasteiger partial charge in [-0.1, -0.05) is 25.1 Å². The smallest absolute Gasteiger partial charge is 0.268 e. The SMILES string of the molecule is CCc1ccccc1C(=O)Nn1cccc1. The number of nitrogens with zero attached hydrogens (tertiary/aromatic N) is 1. The number of benzene rings is 1. The lowest BCUT2D eigenvalue weighted by molar-refractivity contribution is 0.101. The first-order valence-corrected chi connectivity index (χ1v) is 5.33. The summed E-state index contributed by atoms with van der Waals surface area (Å²) in [5.41, 5.74) is 4.59. The fraction of sp³-hybridized carbons (Fsp3) is 0.154. The number of aromatic nitrogens is 1. The fourth-order valence-electron chi connectivity index (χ4n) is 1.64. The van der Waals surface area contributed by atoms with Crippen molar-refractivity contribution >= 4 is 5.91 Å². The summed E-state index contributed by atoms with van der Waals surface area (Å²) in [5.74, 6) is -0.0753. The molecule has 1 aromatic heterocycles. The molecule has 0 saturated heterocycles. The van der Waals surface area contributed by atoms with Crippen molar-refractivity contribution in [1.29, 1.82) is 0 Å². The minimum Gasteiger partial charge on any atom is -0.268 e. The Hall–Kier alpha value is -2.03. The van der Waals surface area contributed by atoms with E-state index in [9.17, 15) is 4.79 Å². The quantitative estimate of drug-likeness (QED) is 0.836. The summed E-state index contributed by atoms with van der Waals surface area (Å²) < 4.78 is 1.65. The van der Waals surface area contributed by atoms with Crippen molar-refractivity contribution in [3.63, 3.8) is 0 Å². The van der Waals surface area contributed by atoms with Gasteiger partial charge in [0.1, 0.15) is 0 Å². The predicted octanol–water partition coefficient (Wildman–Crippen LogP) is 2.43. The highest BCUT2D eigenvalue weighted by atomic mass is 16.2. The molecule has 2 rings (SSSR count). The molecule has 0 aliphatic carbocycles. The van der Waals surface area contributed by atoms with Crippen LogP contribution in [0.5, 0.6) is 0 Å². The Morgan fingerprint density at radius 2 is 1.88 bits per heavy atom. The van der Waals surface area contributed by atoms with Crippen molar-refractivity contribution in [2.75, 3.05) is 5.43 Å². The van der Waals surface area contributed by atoms with Crippen LogP contribution in [0.4, 0.5) is 0 Å². The van der Waals surface area contributed by atoms with Crippen LogP contribution in [0, 0.1) is 0 Å². The van der Waals surface area contributed by atoms with E-state index in [-0.39, 0.29) is 5.91 Å². The lowest BCUT2D eigenvalue weighted by Crippen LogP contribution is -2.22. The molecule has 3 heteroatoms. The Bertz CT molecular complexity index is 474. The summed E-state index contributed by atoms with van der Waals surface area (Å²) in [7, 11) is 0. The average molecular weight is 214 g/mol. The van der Waals surface area contributed by atoms with E-state index in [2.05, 4.69) is 5.43 Å². The monoisotopic (exact) mass is 214 g/mol. The van der Waals surface area contributed by atoms with Crippen molar-refractivity contribution in [2.24, 2.45) is 0 Å². The van der Waals surface area contributed by atoms with Gasteiger partial charge in [0.05, 0.1) is 0 Å². The molecule has 0 aliphatic heterocycles. The van der Waals surface area contributed by atoms with Gasteiger partial charge in [-0.3, -0.25) is 14.9 Å². The van der Waals surface area contributed by atoms with Gasteiger partial charge in [0.2, 0.25) is 0 Å². The Balaban J connectivity index is 2.21. The fourth-order valence-corrected chi connectivity index (χ4v) is 1.64. The zero-order valence-corrected chi connectivity index (χ0v) is 9.18. The third-order valence-corrected chi connectivity index (χ3v) is 2.48. The van der Waals surface area contributed by atoms with Crippen LogP contribution in [0.25, 0.3) is 0 Å². The number of hydrogen-bond acceptors (Lipinski definition) is 1. The van der Waals surface area contributed by atoms with Gasteiger partial charge in [-0.05, 0) is 30.2 Å². The minimum atomic E-state index is -0.0753. The summed E-state index contributed by atoms with van der Waals surface area (Å²) in [5, 5.41) is 0. The highest BCUT2D eigenvalue weighted by molar-refractivity contribution is 6.01. The van der Waals surface area contributed by atoms with Crippen LogP contribution in [0.3, 0.4) is 0 Å². The second kappa shape index (κ2) is 4.66. The number of carbonyl (C=O) groups is 1. The first-order chi connectivity index (χ1) is 7.81. The highest BCUT2D eigenvalue weighted by Gasteiger charge is 2.08. The number of rotatable bonds is 3. The first kappa shape index (κ1) is 10.5. The van der Waals surface area contributed by atoms with Crippen LogP contribution in [0.15, 0.2) is 48.8 Å². The van der Waals surface area contributed by atoms with Gasteiger partial charge in [0, 0.05) is 18.0 Å².